The Morgan fingerprint density at radius 2 is 1.71 bits per heavy atom. The molecule has 0 amide bonds. The van der Waals surface area contributed by atoms with Crippen LogP contribution in [0.5, 0.6) is 5.75 Å². The summed E-state index contributed by atoms with van der Waals surface area (Å²) >= 11 is 0. The normalized spacial score (nSPS) is 11.1. The number of carbonyl (C=O) groups is 2. The summed E-state index contributed by atoms with van der Waals surface area (Å²) in [5, 5.41) is 5.56. The van der Waals surface area contributed by atoms with Crippen molar-refractivity contribution in [2.45, 2.75) is 20.0 Å². The van der Waals surface area contributed by atoms with Crippen molar-refractivity contribution in [1.29, 1.82) is 0 Å². The number of aromatic nitrogens is 2. The molecule has 0 bridgehead atoms. The Morgan fingerprint density at radius 3 is 2.24 bits per heavy atom. The standard InChI is InChI=1S/C11H13F3N2O5/c1-3-19-9(17)6-8(21-5-11(12,13)14)7(16-15-6)10(18)20-4-2/h3-5H2,1-2H3,(H,15,16). The second-order valence-corrected chi connectivity index (χ2v) is 3.62. The van der Waals surface area contributed by atoms with Gasteiger partial charge < -0.3 is 14.2 Å². The molecule has 1 aromatic rings. The molecule has 0 unspecified atom stereocenters. The van der Waals surface area contributed by atoms with E-state index in [9.17, 15) is 22.8 Å². The summed E-state index contributed by atoms with van der Waals surface area (Å²) in [4.78, 5) is 23.1. The van der Waals surface area contributed by atoms with E-state index in [1.807, 2.05) is 0 Å². The summed E-state index contributed by atoms with van der Waals surface area (Å²) in [5.74, 6) is -2.65. The molecule has 118 valence electrons. The summed E-state index contributed by atoms with van der Waals surface area (Å²) in [6, 6.07) is 0. The van der Waals surface area contributed by atoms with Gasteiger partial charge in [0.25, 0.3) is 0 Å². The predicted octanol–water partition coefficient (Wildman–Crippen LogP) is 1.70. The van der Waals surface area contributed by atoms with E-state index >= 15 is 0 Å². The maximum Gasteiger partial charge on any atom is 0.422 e. The number of carbonyl (C=O) groups excluding carboxylic acids is 2. The van der Waals surface area contributed by atoms with Crippen molar-refractivity contribution in [2.75, 3.05) is 19.8 Å². The van der Waals surface area contributed by atoms with Crippen LogP contribution in [0.1, 0.15) is 34.8 Å². The number of H-pyrrole nitrogens is 1. The smallest absolute Gasteiger partial charge is 0.422 e. The fourth-order valence-corrected chi connectivity index (χ4v) is 1.31. The van der Waals surface area contributed by atoms with E-state index < -0.39 is 41.9 Å². The quantitative estimate of drug-likeness (QED) is 0.804. The van der Waals surface area contributed by atoms with E-state index in [2.05, 4.69) is 24.4 Å². The van der Waals surface area contributed by atoms with Crippen molar-refractivity contribution in [3.05, 3.63) is 11.4 Å². The van der Waals surface area contributed by atoms with Crippen molar-refractivity contribution in [2.24, 2.45) is 0 Å². The third-order valence-electron chi connectivity index (χ3n) is 2.05. The zero-order valence-electron chi connectivity index (χ0n) is 11.2. The number of nitrogens with zero attached hydrogens (tertiary/aromatic N) is 1. The van der Waals surface area contributed by atoms with Crippen LogP contribution in [0.3, 0.4) is 0 Å². The van der Waals surface area contributed by atoms with Gasteiger partial charge in [-0.2, -0.15) is 18.3 Å². The van der Waals surface area contributed by atoms with Gasteiger partial charge in [0, 0.05) is 0 Å². The van der Waals surface area contributed by atoms with Gasteiger partial charge in [-0.1, -0.05) is 0 Å². The monoisotopic (exact) mass is 310 g/mol. The first-order valence-electron chi connectivity index (χ1n) is 5.92. The van der Waals surface area contributed by atoms with Gasteiger partial charge in [0.2, 0.25) is 5.69 Å². The van der Waals surface area contributed by atoms with Crippen molar-refractivity contribution in [1.82, 2.24) is 10.2 Å². The van der Waals surface area contributed by atoms with Crippen LogP contribution in [0.2, 0.25) is 0 Å². The minimum atomic E-state index is -4.64. The summed E-state index contributed by atoms with van der Waals surface area (Å²) in [6.45, 7) is 1.31. The Bertz CT molecular complexity index is 477. The fraction of sp³-hybridized carbons (Fsp3) is 0.545. The molecule has 0 atom stereocenters. The van der Waals surface area contributed by atoms with Crippen LogP contribution in [0, 0.1) is 0 Å². The summed E-state index contributed by atoms with van der Waals surface area (Å²) in [7, 11) is 0. The van der Waals surface area contributed by atoms with E-state index in [4.69, 9.17) is 0 Å². The summed E-state index contributed by atoms with van der Waals surface area (Å²) in [6.07, 6.45) is -4.64. The summed E-state index contributed by atoms with van der Waals surface area (Å²) < 4.78 is 50.4. The molecule has 0 radical (unpaired) electrons. The molecule has 0 saturated carbocycles. The third kappa shape index (κ3) is 4.65. The highest BCUT2D eigenvalue weighted by atomic mass is 19.4. The lowest BCUT2D eigenvalue weighted by Gasteiger charge is -2.10. The van der Waals surface area contributed by atoms with Gasteiger partial charge >= 0.3 is 18.1 Å². The van der Waals surface area contributed by atoms with Crippen molar-refractivity contribution in [3.63, 3.8) is 0 Å². The predicted molar refractivity (Wildman–Crippen MR) is 62.1 cm³/mol. The minimum Gasteiger partial charge on any atom is -0.479 e. The summed E-state index contributed by atoms with van der Waals surface area (Å²) in [5.41, 5.74) is -1.03. The number of halogens is 3. The number of ether oxygens (including phenoxy) is 3. The molecule has 0 aliphatic carbocycles. The highest BCUT2D eigenvalue weighted by molar-refractivity contribution is 5.97. The Morgan fingerprint density at radius 1 is 1.14 bits per heavy atom. The highest BCUT2D eigenvalue weighted by Gasteiger charge is 2.33. The number of rotatable bonds is 6. The van der Waals surface area contributed by atoms with Crippen LogP contribution >= 0.6 is 0 Å². The number of alkyl halides is 3. The van der Waals surface area contributed by atoms with Crippen LogP contribution in [0.4, 0.5) is 13.2 Å². The Balaban J connectivity index is 3.08. The lowest BCUT2D eigenvalue weighted by molar-refractivity contribution is -0.153. The van der Waals surface area contributed by atoms with Crippen LogP contribution in [0.15, 0.2) is 0 Å². The molecular weight excluding hydrogens is 297 g/mol. The molecule has 0 saturated heterocycles. The average molecular weight is 310 g/mol. The van der Waals surface area contributed by atoms with Crippen LogP contribution in [-0.4, -0.2) is 48.1 Å². The molecule has 7 nitrogen and oxygen atoms in total. The van der Waals surface area contributed by atoms with Crippen LogP contribution in [-0.2, 0) is 9.47 Å². The second kappa shape index (κ2) is 6.95. The van der Waals surface area contributed by atoms with Crippen molar-refractivity contribution >= 4 is 11.9 Å². The minimum absolute atomic E-state index is 0.00863. The number of esters is 2. The van der Waals surface area contributed by atoms with Gasteiger partial charge in [-0.25, -0.2) is 9.59 Å². The van der Waals surface area contributed by atoms with Gasteiger partial charge in [-0.15, -0.1) is 0 Å². The number of hydrogen-bond donors (Lipinski definition) is 1. The molecule has 10 heteroatoms. The number of hydrogen-bond acceptors (Lipinski definition) is 6. The van der Waals surface area contributed by atoms with E-state index in [0.717, 1.165) is 0 Å². The zero-order chi connectivity index (χ0) is 16.0. The van der Waals surface area contributed by atoms with Gasteiger partial charge in [0.05, 0.1) is 13.2 Å². The zero-order valence-corrected chi connectivity index (χ0v) is 11.2. The molecule has 0 aromatic carbocycles. The maximum absolute atomic E-state index is 12.2. The molecule has 1 aromatic heterocycles. The van der Waals surface area contributed by atoms with Gasteiger partial charge in [-0.3, -0.25) is 5.10 Å². The van der Waals surface area contributed by atoms with Crippen molar-refractivity contribution in [3.8, 4) is 5.75 Å². The first kappa shape index (κ1) is 16.8. The topological polar surface area (TPSA) is 90.5 Å². The number of aromatic amines is 1. The SMILES string of the molecule is CCOC(=O)c1n[nH]c(C(=O)OCC)c1OCC(F)(F)F. The fourth-order valence-electron chi connectivity index (χ4n) is 1.31. The molecule has 1 rings (SSSR count). The van der Waals surface area contributed by atoms with Crippen LogP contribution < -0.4 is 4.74 Å². The first-order valence-corrected chi connectivity index (χ1v) is 5.92. The lowest BCUT2D eigenvalue weighted by atomic mass is 10.3. The van der Waals surface area contributed by atoms with Gasteiger partial charge in [0.1, 0.15) is 0 Å². The molecule has 0 fully saturated rings. The molecule has 0 aliphatic rings. The number of nitrogens with one attached hydrogen (secondary N) is 1. The van der Waals surface area contributed by atoms with E-state index in [-0.39, 0.29) is 13.2 Å². The van der Waals surface area contributed by atoms with E-state index in [1.165, 1.54) is 13.8 Å². The second-order valence-electron chi connectivity index (χ2n) is 3.62. The van der Waals surface area contributed by atoms with Gasteiger partial charge in [0.15, 0.2) is 18.1 Å². The van der Waals surface area contributed by atoms with Crippen molar-refractivity contribution < 1.29 is 37.0 Å². The Hall–Kier alpha value is -2.26. The molecular formula is C11H13F3N2O5. The third-order valence-corrected chi connectivity index (χ3v) is 2.05. The first-order chi connectivity index (χ1) is 9.80. The lowest BCUT2D eigenvalue weighted by Crippen LogP contribution is -2.21. The van der Waals surface area contributed by atoms with E-state index in [0.29, 0.717) is 0 Å². The largest absolute Gasteiger partial charge is 0.479 e. The van der Waals surface area contributed by atoms with Gasteiger partial charge in [-0.05, 0) is 13.8 Å². The Labute approximate surface area is 117 Å². The molecule has 1 N–H and O–H groups in total. The molecule has 21 heavy (non-hydrogen) atoms. The molecule has 0 aliphatic heterocycles. The van der Waals surface area contributed by atoms with E-state index in [1.54, 1.807) is 0 Å². The Kier molecular flexibility index (Phi) is 5.56. The highest BCUT2D eigenvalue weighted by Crippen LogP contribution is 2.26. The average Bonchev–Trinajstić information content (AvgIpc) is 2.80. The molecule has 0 spiro atoms. The molecule has 1 heterocycles. The van der Waals surface area contributed by atoms with Crippen LogP contribution in [0.25, 0.3) is 0 Å². The maximum atomic E-state index is 12.2.